The van der Waals surface area contributed by atoms with Gasteiger partial charge in [-0.1, -0.05) is 30.3 Å². The van der Waals surface area contributed by atoms with E-state index in [4.69, 9.17) is 19.5 Å². The number of nitriles is 1. The first kappa shape index (κ1) is 22.4. The molecule has 0 aromatic heterocycles. The lowest BCUT2D eigenvalue weighted by molar-refractivity contribution is -0.122. The number of urea groups is 1. The van der Waals surface area contributed by atoms with Gasteiger partial charge in [0.25, 0.3) is 0 Å². The Balaban J connectivity index is 2.16. The smallest absolute Gasteiger partial charge is 0.319 e. The average Bonchev–Trinajstić information content (AvgIpc) is 2.76. The first-order valence-electron chi connectivity index (χ1n) is 9.08. The normalized spacial score (nSPS) is 10.9. The van der Waals surface area contributed by atoms with Gasteiger partial charge >= 0.3 is 6.03 Å². The molecule has 158 valence electrons. The molecule has 2 aromatic carbocycles. The van der Waals surface area contributed by atoms with Crippen LogP contribution in [0.3, 0.4) is 0 Å². The third-order valence-electron chi connectivity index (χ3n) is 4.17. The molecule has 0 aliphatic heterocycles. The number of methoxy groups -OCH3 is 3. The van der Waals surface area contributed by atoms with E-state index in [0.717, 1.165) is 5.56 Å². The predicted octanol–water partition coefficient (Wildman–Crippen LogP) is 2.08. The van der Waals surface area contributed by atoms with Crippen molar-refractivity contribution >= 4 is 17.6 Å². The summed E-state index contributed by atoms with van der Waals surface area (Å²) in [5.74, 6) is 0.684. The fraction of sp³-hybridized carbons (Fsp3) is 0.286. The quantitative estimate of drug-likeness (QED) is 0.542. The molecule has 0 radical (unpaired) electrons. The van der Waals surface area contributed by atoms with Crippen LogP contribution in [-0.4, -0.2) is 45.9 Å². The lowest BCUT2D eigenvalue weighted by atomic mass is 10.1. The van der Waals surface area contributed by atoms with Crippen molar-refractivity contribution in [1.29, 1.82) is 5.26 Å². The second-order valence-corrected chi connectivity index (χ2v) is 6.13. The second-order valence-electron chi connectivity index (χ2n) is 6.13. The highest BCUT2D eigenvalue weighted by Gasteiger charge is 2.22. The second kappa shape index (κ2) is 11.2. The van der Waals surface area contributed by atoms with Gasteiger partial charge in [-0.2, -0.15) is 5.26 Å². The molecule has 0 saturated carbocycles. The number of nitrogens with one attached hydrogen (secondary N) is 3. The Morgan fingerprint density at radius 3 is 2.20 bits per heavy atom. The number of carbonyl (C=O) groups is 2. The fourth-order valence-corrected chi connectivity index (χ4v) is 2.79. The van der Waals surface area contributed by atoms with Gasteiger partial charge in [0.1, 0.15) is 12.6 Å². The monoisotopic (exact) mass is 412 g/mol. The predicted molar refractivity (Wildman–Crippen MR) is 111 cm³/mol. The van der Waals surface area contributed by atoms with Gasteiger partial charge in [0.2, 0.25) is 11.7 Å². The van der Waals surface area contributed by atoms with Gasteiger partial charge in [-0.3, -0.25) is 4.79 Å². The lowest BCUT2D eigenvalue weighted by Gasteiger charge is -2.19. The van der Waals surface area contributed by atoms with Crippen LogP contribution in [0.15, 0.2) is 42.5 Å². The van der Waals surface area contributed by atoms with Crippen molar-refractivity contribution in [2.45, 2.75) is 12.5 Å². The lowest BCUT2D eigenvalue weighted by Crippen LogP contribution is -2.49. The van der Waals surface area contributed by atoms with Gasteiger partial charge < -0.3 is 30.2 Å². The molecule has 1 atom stereocenters. The summed E-state index contributed by atoms with van der Waals surface area (Å²) in [7, 11) is 4.42. The van der Waals surface area contributed by atoms with E-state index in [-0.39, 0.29) is 13.0 Å². The van der Waals surface area contributed by atoms with Crippen molar-refractivity contribution < 1.29 is 23.8 Å². The molecule has 2 aromatic rings. The average molecular weight is 412 g/mol. The summed E-state index contributed by atoms with van der Waals surface area (Å²) in [5, 5.41) is 16.5. The van der Waals surface area contributed by atoms with Crippen LogP contribution >= 0.6 is 0 Å². The van der Waals surface area contributed by atoms with Gasteiger partial charge in [-0.25, -0.2) is 4.79 Å². The minimum absolute atomic E-state index is 0.152. The number of hydrogen-bond donors (Lipinski definition) is 3. The van der Waals surface area contributed by atoms with Crippen LogP contribution < -0.4 is 30.2 Å². The molecule has 0 saturated heterocycles. The number of carbonyl (C=O) groups excluding carboxylic acids is 2. The topological polar surface area (TPSA) is 122 Å². The zero-order chi connectivity index (χ0) is 21.9. The Labute approximate surface area is 174 Å². The summed E-state index contributed by atoms with van der Waals surface area (Å²) < 4.78 is 15.8. The third-order valence-corrected chi connectivity index (χ3v) is 4.17. The summed E-state index contributed by atoms with van der Waals surface area (Å²) in [6, 6.07) is 12.8. The van der Waals surface area contributed by atoms with Crippen LogP contribution in [0, 0.1) is 11.3 Å². The van der Waals surface area contributed by atoms with E-state index in [9.17, 15) is 9.59 Å². The minimum Gasteiger partial charge on any atom is -0.493 e. The standard InChI is InChI=1S/C21H24N4O5/c1-28-17-12-15(13-18(29-2)19(17)30-3)24-21(27)25-16(20(26)23-10-9-22)11-14-7-5-4-6-8-14/h4-8,12-13,16H,10-11H2,1-3H3,(H,23,26)(H2,24,25,27). The van der Waals surface area contributed by atoms with Gasteiger partial charge in [0, 0.05) is 18.6 Å². The molecule has 0 fully saturated rings. The summed E-state index contributed by atoms with van der Waals surface area (Å²) in [4.78, 5) is 25.0. The molecule has 0 aliphatic rings. The SMILES string of the molecule is COc1cc(NC(=O)NC(Cc2ccccc2)C(=O)NCC#N)cc(OC)c1OC. The molecule has 3 N–H and O–H groups in total. The Hall–Kier alpha value is -3.93. The molecule has 0 heterocycles. The highest BCUT2D eigenvalue weighted by molar-refractivity contribution is 5.94. The number of hydrogen-bond acceptors (Lipinski definition) is 6. The van der Waals surface area contributed by atoms with E-state index in [2.05, 4.69) is 16.0 Å². The van der Waals surface area contributed by atoms with Gasteiger partial charge in [-0.05, 0) is 5.56 Å². The van der Waals surface area contributed by atoms with Crippen LogP contribution in [0.2, 0.25) is 0 Å². The van der Waals surface area contributed by atoms with Crippen molar-refractivity contribution in [3.05, 3.63) is 48.0 Å². The number of benzene rings is 2. The Kier molecular flexibility index (Phi) is 8.32. The zero-order valence-corrected chi connectivity index (χ0v) is 17.0. The summed E-state index contributed by atoms with van der Waals surface area (Å²) in [6.07, 6.45) is 0.265. The largest absolute Gasteiger partial charge is 0.493 e. The number of amides is 3. The van der Waals surface area contributed by atoms with Gasteiger partial charge in [0.15, 0.2) is 11.5 Å². The van der Waals surface area contributed by atoms with Crippen molar-refractivity contribution in [1.82, 2.24) is 10.6 Å². The van der Waals surface area contributed by atoms with E-state index in [1.165, 1.54) is 21.3 Å². The zero-order valence-electron chi connectivity index (χ0n) is 17.0. The maximum atomic E-state index is 12.6. The van der Waals surface area contributed by atoms with E-state index >= 15 is 0 Å². The van der Waals surface area contributed by atoms with Crippen molar-refractivity contribution in [3.8, 4) is 23.3 Å². The molecular weight excluding hydrogens is 388 g/mol. The summed E-state index contributed by atoms with van der Waals surface area (Å²) in [6.45, 7) is -0.152. The van der Waals surface area contributed by atoms with Crippen LogP contribution in [0.25, 0.3) is 0 Å². The molecule has 3 amide bonds. The molecule has 0 aliphatic carbocycles. The highest BCUT2D eigenvalue weighted by Crippen LogP contribution is 2.39. The molecule has 9 nitrogen and oxygen atoms in total. The highest BCUT2D eigenvalue weighted by atomic mass is 16.5. The Morgan fingerprint density at radius 1 is 1.03 bits per heavy atom. The molecule has 2 rings (SSSR count). The molecule has 1 unspecified atom stereocenters. The first-order valence-corrected chi connectivity index (χ1v) is 9.08. The van der Waals surface area contributed by atoms with E-state index < -0.39 is 18.0 Å². The fourth-order valence-electron chi connectivity index (χ4n) is 2.79. The maximum Gasteiger partial charge on any atom is 0.319 e. The number of ether oxygens (including phenoxy) is 3. The van der Waals surface area contributed by atoms with Crippen molar-refractivity contribution in [2.75, 3.05) is 33.2 Å². The molecule has 9 heteroatoms. The number of nitrogens with zero attached hydrogens (tertiary/aromatic N) is 1. The van der Waals surface area contributed by atoms with Crippen LogP contribution in [0.4, 0.5) is 10.5 Å². The third kappa shape index (κ3) is 6.04. The molecule has 0 bridgehead atoms. The number of anilines is 1. The van der Waals surface area contributed by atoms with E-state index in [1.807, 2.05) is 36.4 Å². The maximum absolute atomic E-state index is 12.6. The van der Waals surface area contributed by atoms with Gasteiger partial charge in [0.05, 0.1) is 33.1 Å². The molecule has 0 spiro atoms. The van der Waals surface area contributed by atoms with E-state index in [0.29, 0.717) is 22.9 Å². The number of rotatable bonds is 9. The van der Waals surface area contributed by atoms with Crippen molar-refractivity contribution in [3.63, 3.8) is 0 Å². The van der Waals surface area contributed by atoms with Crippen LogP contribution in [0.5, 0.6) is 17.2 Å². The molecule has 30 heavy (non-hydrogen) atoms. The molecular formula is C21H24N4O5. The van der Waals surface area contributed by atoms with Crippen LogP contribution in [0.1, 0.15) is 5.56 Å². The Morgan fingerprint density at radius 2 is 1.67 bits per heavy atom. The van der Waals surface area contributed by atoms with Gasteiger partial charge in [-0.15, -0.1) is 0 Å². The first-order chi connectivity index (χ1) is 14.5. The van der Waals surface area contributed by atoms with Crippen LogP contribution in [-0.2, 0) is 11.2 Å². The minimum atomic E-state index is -0.872. The summed E-state index contributed by atoms with van der Waals surface area (Å²) in [5.41, 5.74) is 1.25. The van der Waals surface area contributed by atoms with Crippen molar-refractivity contribution in [2.24, 2.45) is 0 Å². The van der Waals surface area contributed by atoms with E-state index in [1.54, 1.807) is 12.1 Å². The summed E-state index contributed by atoms with van der Waals surface area (Å²) >= 11 is 0. The Bertz CT molecular complexity index is 886.